The second-order valence-corrected chi connectivity index (χ2v) is 11.9. The minimum absolute atomic E-state index is 0.0196. The minimum Gasteiger partial charge on any atom is -0.344 e. The van der Waals surface area contributed by atoms with E-state index in [4.69, 9.17) is 0 Å². The van der Waals surface area contributed by atoms with E-state index in [0.717, 1.165) is 37.1 Å². The van der Waals surface area contributed by atoms with Crippen molar-refractivity contribution in [2.45, 2.75) is 59.0 Å². The van der Waals surface area contributed by atoms with Gasteiger partial charge in [-0.3, -0.25) is 14.4 Å². The number of imidazole rings is 1. The quantitative estimate of drug-likeness (QED) is 0.444. The zero-order valence-electron chi connectivity index (χ0n) is 22.5. The molecule has 0 saturated carbocycles. The minimum atomic E-state index is -0.761. The Morgan fingerprint density at radius 2 is 1.82 bits per heavy atom. The summed E-state index contributed by atoms with van der Waals surface area (Å²) in [5.74, 6) is 0.406. The molecule has 1 saturated heterocycles. The molecule has 2 aromatic heterocycles. The van der Waals surface area contributed by atoms with Crippen molar-refractivity contribution in [3.8, 4) is 0 Å². The molecule has 3 aromatic rings. The van der Waals surface area contributed by atoms with Crippen LogP contribution in [-0.2, 0) is 20.8 Å². The van der Waals surface area contributed by atoms with Gasteiger partial charge in [-0.1, -0.05) is 58.0 Å². The third kappa shape index (κ3) is 6.89. The molecule has 0 bridgehead atoms. The second kappa shape index (κ2) is 11.9. The predicted octanol–water partition coefficient (Wildman–Crippen LogP) is 4.50. The number of nitrogens with one attached hydrogen (secondary N) is 2. The van der Waals surface area contributed by atoms with Crippen LogP contribution >= 0.6 is 11.3 Å². The third-order valence-electron chi connectivity index (χ3n) is 6.92. The Bertz CT molecular complexity index is 1220. The molecule has 4 rings (SSSR count). The van der Waals surface area contributed by atoms with Crippen LogP contribution in [0.15, 0.2) is 59.7 Å². The average Bonchev–Trinajstić information content (AvgIpc) is 3.56. The highest BCUT2D eigenvalue weighted by molar-refractivity contribution is 7.07. The standard InChI is InChI=1S/C29H37N5O3S/c1-20-10-13-33(14-11-20)27(36)25(22-8-6-5-7-9-22)34-17-24(30-19-34)32-26(35)23(16-21-12-15-38-18-21)31-28(37)29(2,3)4/h5-9,12,15,17-20,23,25H,10-11,13-14,16H2,1-4H3,(H,31,37)(H,32,35). The summed E-state index contributed by atoms with van der Waals surface area (Å²) < 4.78 is 1.76. The number of amides is 3. The van der Waals surface area contributed by atoms with Gasteiger partial charge in [0, 0.05) is 31.1 Å². The van der Waals surface area contributed by atoms with Crippen molar-refractivity contribution < 1.29 is 14.4 Å². The first-order valence-corrected chi connectivity index (χ1v) is 14.1. The molecule has 3 heterocycles. The SMILES string of the molecule is CC1CCN(C(=O)C(c2ccccc2)n2cnc(NC(=O)C(Cc3ccsc3)NC(=O)C(C)(C)C)c2)CC1. The van der Waals surface area contributed by atoms with Gasteiger partial charge in [-0.05, 0) is 46.7 Å². The smallest absolute Gasteiger partial charge is 0.250 e. The van der Waals surface area contributed by atoms with Crippen LogP contribution in [0.5, 0.6) is 0 Å². The first-order chi connectivity index (χ1) is 18.1. The molecular formula is C29H37N5O3S. The topological polar surface area (TPSA) is 96.3 Å². The van der Waals surface area contributed by atoms with Crippen LogP contribution < -0.4 is 10.6 Å². The maximum absolute atomic E-state index is 13.7. The summed E-state index contributed by atoms with van der Waals surface area (Å²) in [6, 6.07) is 10.2. The number of carbonyl (C=O) groups excluding carboxylic acids is 3. The van der Waals surface area contributed by atoms with E-state index in [-0.39, 0.29) is 17.7 Å². The Balaban J connectivity index is 1.54. The van der Waals surface area contributed by atoms with E-state index >= 15 is 0 Å². The number of piperidine rings is 1. The van der Waals surface area contributed by atoms with Gasteiger partial charge >= 0.3 is 0 Å². The van der Waals surface area contributed by atoms with Crippen LogP contribution in [0.1, 0.15) is 57.7 Å². The first kappa shape index (κ1) is 27.6. The van der Waals surface area contributed by atoms with E-state index in [9.17, 15) is 14.4 Å². The fourth-order valence-corrected chi connectivity index (χ4v) is 5.15. The molecule has 2 unspecified atom stereocenters. The van der Waals surface area contributed by atoms with E-state index in [1.807, 2.05) is 72.8 Å². The van der Waals surface area contributed by atoms with Crippen LogP contribution in [0, 0.1) is 11.3 Å². The Morgan fingerprint density at radius 1 is 1.11 bits per heavy atom. The molecule has 1 aliphatic heterocycles. The lowest BCUT2D eigenvalue weighted by molar-refractivity contribution is -0.135. The zero-order chi connectivity index (χ0) is 27.3. The molecule has 3 amide bonds. The van der Waals surface area contributed by atoms with Gasteiger partial charge in [-0.25, -0.2) is 4.98 Å². The van der Waals surface area contributed by atoms with Gasteiger partial charge in [-0.15, -0.1) is 0 Å². The predicted molar refractivity (Wildman–Crippen MR) is 150 cm³/mol. The number of nitrogens with zero attached hydrogens (tertiary/aromatic N) is 3. The largest absolute Gasteiger partial charge is 0.344 e. The molecule has 2 atom stereocenters. The van der Waals surface area contributed by atoms with E-state index in [0.29, 0.717) is 18.2 Å². The summed E-state index contributed by atoms with van der Waals surface area (Å²) in [5.41, 5.74) is 1.20. The molecule has 8 nitrogen and oxygen atoms in total. The van der Waals surface area contributed by atoms with Crippen molar-refractivity contribution in [2.24, 2.45) is 11.3 Å². The van der Waals surface area contributed by atoms with Crippen LogP contribution in [-0.4, -0.2) is 51.3 Å². The molecule has 0 radical (unpaired) electrons. The maximum Gasteiger partial charge on any atom is 0.250 e. The van der Waals surface area contributed by atoms with Gasteiger partial charge < -0.3 is 20.1 Å². The van der Waals surface area contributed by atoms with E-state index in [1.165, 1.54) is 0 Å². The van der Waals surface area contributed by atoms with Gasteiger partial charge in [-0.2, -0.15) is 11.3 Å². The van der Waals surface area contributed by atoms with Gasteiger partial charge in [0.05, 0.1) is 6.33 Å². The number of carbonyl (C=O) groups is 3. The zero-order valence-corrected chi connectivity index (χ0v) is 23.3. The molecule has 0 spiro atoms. The molecule has 202 valence electrons. The summed E-state index contributed by atoms with van der Waals surface area (Å²) >= 11 is 1.54. The number of hydrogen-bond donors (Lipinski definition) is 2. The molecule has 38 heavy (non-hydrogen) atoms. The second-order valence-electron chi connectivity index (χ2n) is 11.1. The van der Waals surface area contributed by atoms with Crippen LogP contribution in [0.4, 0.5) is 5.82 Å². The molecule has 2 N–H and O–H groups in total. The number of benzene rings is 1. The molecule has 0 aliphatic carbocycles. The molecule has 9 heteroatoms. The maximum atomic E-state index is 13.7. The van der Waals surface area contributed by atoms with Crippen molar-refractivity contribution >= 4 is 34.9 Å². The van der Waals surface area contributed by atoms with Crippen LogP contribution in [0.2, 0.25) is 0 Å². The van der Waals surface area contributed by atoms with Crippen molar-refractivity contribution in [1.29, 1.82) is 0 Å². The summed E-state index contributed by atoms with van der Waals surface area (Å²) in [5, 5.41) is 9.66. The van der Waals surface area contributed by atoms with Crippen LogP contribution in [0.3, 0.4) is 0 Å². The highest BCUT2D eigenvalue weighted by atomic mass is 32.1. The molecule has 1 fully saturated rings. The summed E-state index contributed by atoms with van der Waals surface area (Å²) in [6.07, 6.45) is 5.62. The number of anilines is 1. The third-order valence-corrected chi connectivity index (χ3v) is 7.65. The molecule has 1 aromatic carbocycles. The monoisotopic (exact) mass is 535 g/mol. The first-order valence-electron chi connectivity index (χ1n) is 13.1. The van der Waals surface area contributed by atoms with E-state index < -0.39 is 17.5 Å². The highest BCUT2D eigenvalue weighted by Crippen LogP contribution is 2.26. The number of hydrogen-bond acceptors (Lipinski definition) is 5. The normalized spacial score (nSPS) is 16.1. The number of aromatic nitrogens is 2. The number of rotatable bonds is 8. The lowest BCUT2D eigenvalue weighted by atomic mass is 9.94. The van der Waals surface area contributed by atoms with Crippen LogP contribution in [0.25, 0.3) is 0 Å². The number of thiophene rings is 1. The fraction of sp³-hybridized carbons (Fsp3) is 0.448. The summed E-state index contributed by atoms with van der Waals surface area (Å²) in [6.45, 7) is 9.13. The van der Waals surface area contributed by atoms with Crippen molar-refractivity contribution in [2.75, 3.05) is 18.4 Å². The van der Waals surface area contributed by atoms with Gasteiger partial charge in [0.25, 0.3) is 0 Å². The Kier molecular flexibility index (Phi) is 8.66. The summed E-state index contributed by atoms with van der Waals surface area (Å²) in [7, 11) is 0. The lowest BCUT2D eigenvalue weighted by Crippen LogP contribution is -2.48. The fourth-order valence-electron chi connectivity index (χ4n) is 4.46. The Morgan fingerprint density at radius 3 is 2.45 bits per heavy atom. The van der Waals surface area contributed by atoms with Crippen molar-refractivity contribution in [3.05, 3.63) is 70.8 Å². The van der Waals surface area contributed by atoms with E-state index in [1.54, 1.807) is 28.4 Å². The average molecular weight is 536 g/mol. The number of likely N-dealkylation sites (tertiary alicyclic amines) is 1. The van der Waals surface area contributed by atoms with Crippen molar-refractivity contribution in [3.63, 3.8) is 0 Å². The van der Waals surface area contributed by atoms with E-state index in [2.05, 4.69) is 22.5 Å². The molecular weight excluding hydrogens is 498 g/mol. The van der Waals surface area contributed by atoms with Crippen molar-refractivity contribution in [1.82, 2.24) is 19.8 Å². The van der Waals surface area contributed by atoms with Gasteiger partial charge in [0.2, 0.25) is 17.7 Å². The highest BCUT2D eigenvalue weighted by Gasteiger charge is 2.31. The summed E-state index contributed by atoms with van der Waals surface area (Å²) in [4.78, 5) is 46.0. The molecule has 1 aliphatic rings. The van der Waals surface area contributed by atoms with Gasteiger partial charge in [0.1, 0.15) is 12.1 Å². The Hall–Kier alpha value is -3.46. The lowest BCUT2D eigenvalue weighted by Gasteiger charge is -2.33. The van der Waals surface area contributed by atoms with Gasteiger partial charge in [0.15, 0.2) is 5.82 Å². The Labute approximate surface area is 228 Å².